The summed E-state index contributed by atoms with van der Waals surface area (Å²) in [4.78, 5) is 2.88. The number of azide groups is 1. The Bertz CT molecular complexity index is 3920. The van der Waals surface area contributed by atoms with Crippen molar-refractivity contribution in [3.05, 3.63) is 274 Å². The summed E-state index contributed by atoms with van der Waals surface area (Å²) in [6, 6.07) is 70.9. The van der Waals surface area contributed by atoms with E-state index in [0.717, 1.165) is 44.2 Å². The average Bonchev–Trinajstić information content (AvgIpc) is 1.28. The SMILES string of the molecule is [N-]=[N+]=NCCCCCOC1OC2COC(c3ccccc3)OC2C(OC2OC([C@H](O)CO)C(OC3OC(CO)C(OCc4ccccc4)C(OC4OC(COCc5ccccc5)C(OCc5ccccc5)C(OCc5ccc6ccccc6c5)C4O)C3OCc3ccccc3)C2O)C1OCc1ccccc1. The fourth-order valence-corrected chi connectivity index (χ4v) is 14.0. The first-order valence-corrected chi connectivity index (χ1v) is 36.3. The first kappa shape index (κ1) is 76.7. The van der Waals surface area contributed by atoms with Gasteiger partial charge >= 0.3 is 0 Å². The number of aliphatic hydroxyl groups excluding tert-OH is 5. The summed E-state index contributed by atoms with van der Waals surface area (Å²) in [6.07, 6.45) is -25.9. The van der Waals surface area contributed by atoms with Crippen LogP contribution in [0.15, 0.2) is 230 Å². The van der Waals surface area contributed by atoms with E-state index in [9.17, 15) is 25.5 Å². The fourth-order valence-electron chi connectivity index (χ4n) is 14.0. The lowest BCUT2D eigenvalue weighted by Gasteiger charge is -2.50. The standard InChI is InChI=1S/C82H93N3O21/c83-85-84-40-22-7-23-41-92-81-76(96-48-56-30-14-4-15-31-56)75(71-65(101-81)52-98-78(103-71)60-35-18-6-19-36-60)106-80-67(90)73(68(102-80)62(88)43-86)104-82-77(97-49-57-32-16-5-17-33-57)74(69(63(44-87)99-82)93-46-54-26-10-2-11-27-54)105-79-66(89)72(95-50-58-38-39-59-34-20-21-37-61(59)42-58)70(94-47-55-28-12-3-13-29-55)64(100-79)51-91-45-53-24-8-1-9-25-53/h1-6,8-21,24-39,42,62-82,86-90H,7,22-23,40-41,43-52H2/t62-,63?,64?,65?,66?,67?,68?,69?,70?,71?,72?,73?,74?,75?,76?,77?,78?,79?,80?,81?,82?/m1/s1. The van der Waals surface area contributed by atoms with Gasteiger partial charge in [0.05, 0.1) is 66.1 Å². The molecule has 0 saturated carbocycles. The molecule has 0 radical (unpaired) electrons. The number of hydrogen-bond donors (Lipinski definition) is 5. The summed E-state index contributed by atoms with van der Waals surface area (Å²) in [6.45, 7) is -0.759. The molecule has 0 aliphatic carbocycles. The van der Waals surface area contributed by atoms with Crippen LogP contribution in [0.1, 0.15) is 64.5 Å². The Balaban J connectivity index is 0.847. The quantitative estimate of drug-likeness (QED) is 0.0106. The molecule has 0 bridgehead atoms. The van der Waals surface area contributed by atoms with Crippen LogP contribution in [-0.4, -0.2) is 188 Å². The van der Waals surface area contributed by atoms with Crippen molar-refractivity contribution in [3.8, 4) is 0 Å². The van der Waals surface area contributed by atoms with Crippen LogP contribution in [0.5, 0.6) is 0 Å². The number of hydrogen-bond acceptors (Lipinski definition) is 22. The fraction of sp³-hybridized carbons (Fsp3) is 0.439. The Morgan fingerprint density at radius 1 is 0.434 bits per heavy atom. The minimum absolute atomic E-state index is 0.0190. The summed E-state index contributed by atoms with van der Waals surface area (Å²) in [5, 5.41) is 66.6. The summed E-state index contributed by atoms with van der Waals surface area (Å²) < 4.78 is 109. The molecule has 0 spiro atoms. The normalized spacial score (nSPS) is 29.8. The molecule has 5 N–H and O–H groups in total. The van der Waals surface area contributed by atoms with Gasteiger partial charge < -0.3 is 101 Å². The highest BCUT2D eigenvalue weighted by molar-refractivity contribution is 5.83. The largest absolute Gasteiger partial charge is 0.394 e. The maximum atomic E-state index is 13.2. The number of nitrogens with zero attached hydrogens (tertiary/aromatic N) is 3. The van der Waals surface area contributed by atoms with Crippen LogP contribution in [0.3, 0.4) is 0 Å². The third-order valence-electron chi connectivity index (χ3n) is 19.5. The third-order valence-corrected chi connectivity index (χ3v) is 19.5. The van der Waals surface area contributed by atoms with Gasteiger partial charge in [-0.05, 0) is 68.6 Å². The topological polar surface area (TPSA) is 298 Å². The van der Waals surface area contributed by atoms with Crippen molar-refractivity contribution in [2.24, 2.45) is 5.11 Å². The highest BCUT2D eigenvalue weighted by Crippen LogP contribution is 2.42. The highest BCUT2D eigenvalue weighted by Gasteiger charge is 2.59. The molecule has 0 amide bonds. The molecule has 5 aliphatic rings. The number of benzene rings is 8. The van der Waals surface area contributed by atoms with E-state index in [4.69, 9.17) is 81.3 Å². The van der Waals surface area contributed by atoms with E-state index in [0.29, 0.717) is 31.4 Å². The first-order valence-electron chi connectivity index (χ1n) is 36.3. The Hall–Kier alpha value is -7.51. The molecular weight excluding hydrogens is 1360 g/mol. The second kappa shape index (κ2) is 39.0. The van der Waals surface area contributed by atoms with E-state index in [1.165, 1.54) is 0 Å². The summed E-state index contributed by atoms with van der Waals surface area (Å²) in [5.41, 5.74) is 14.5. The molecule has 0 aromatic heterocycles. The zero-order valence-corrected chi connectivity index (χ0v) is 58.7. The van der Waals surface area contributed by atoms with Crippen LogP contribution >= 0.6 is 0 Å². The van der Waals surface area contributed by atoms with Gasteiger partial charge in [0.25, 0.3) is 0 Å². The molecule has 24 nitrogen and oxygen atoms in total. The van der Waals surface area contributed by atoms with Crippen LogP contribution in [0, 0.1) is 0 Å². The Morgan fingerprint density at radius 2 is 0.925 bits per heavy atom. The lowest BCUT2D eigenvalue weighted by molar-refractivity contribution is -0.385. The van der Waals surface area contributed by atoms with Gasteiger partial charge in [-0.15, -0.1) is 0 Å². The molecule has 20 unspecified atom stereocenters. The lowest BCUT2D eigenvalue weighted by Crippen LogP contribution is -2.66. The van der Waals surface area contributed by atoms with Gasteiger partial charge in [-0.25, -0.2) is 0 Å². The molecule has 13 rings (SSSR count). The molecule has 562 valence electrons. The molecule has 5 aliphatic heterocycles. The van der Waals surface area contributed by atoms with Gasteiger partial charge in [0, 0.05) is 23.6 Å². The monoisotopic (exact) mass is 1460 g/mol. The van der Waals surface area contributed by atoms with Crippen molar-refractivity contribution in [2.75, 3.05) is 39.6 Å². The highest BCUT2D eigenvalue weighted by atomic mass is 16.8. The number of aliphatic hydroxyl groups is 5. The van der Waals surface area contributed by atoms with Gasteiger partial charge in [0.2, 0.25) is 0 Å². The predicted octanol–water partition coefficient (Wildman–Crippen LogP) is 10.0. The van der Waals surface area contributed by atoms with E-state index in [1.807, 2.05) is 224 Å². The summed E-state index contributed by atoms with van der Waals surface area (Å²) >= 11 is 0. The second-order valence-corrected chi connectivity index (χ2v) is 26.9. The summed E-state index contributed by atoms with van der Waals surface area (Å²) in [5.74, 6) is 0. The van der Waals surface area contributed by atoms with Crippen molar-refractivity contribution in [1.29, 1.82) is 0 Å². The predicted molar refractivity (Wildman–Crippen MR) is 384 cm³/mol. The zero-order chi connectivity index (χ0) is 72.8. The van der Waals surface area contributed by atoms with Crippen LogP contribution in [0.2, 0.25) is 0 Å². The maximum absolute atomic E-state index is 13.2. The number of fused-ring (bicyclic) bond motifs is 2. The number of ether oxygens (including phenoxy) is 16. The average molecular weight is 1460 g/mol. The van der Waals surface area contributed by atoms with Gasteiger partial charge in [0.1, 0.15) is 97.7 Å². The van der Waals surface area contributed by atoms with E-state index < -0.39 is 142 Å². The lowest BCUT2D eigenvalue weighted by atomic mass is 9.95. The molecule has 5 heterocycles. The molecule has 8 aromatic carbocycles. The Morgan fingerprint density at radius 3 is 1.52 bits per heavy atom. The first-order chi connectivity index (χ1) is 52.2. The van der Waals surface area contributed by atoms with Crippen molar-refractivity contribution < 1.29 is 101 Å². The van der Waals surface area contributed by atoms with Gasteiger partial charge in [-0.2, -0.15) is 0 Å². The van der Waals surface area contributed by atoms with Gasteiger partial charge in [0.15, 0.2) is 31.5 Å². The molecule has 8 aromatic rings. The second-order valence-electron chi connectivity index (χ2n) is 26.9. The van der Waals surface area contributed by atoms with E-state index >= 15 is 0 Å². The van der Waals surface area contributed by atoms with Gasteiger partial charge in [-0.1, -0.05) is 230 Å². The van der Waals surface area contributed by atoms with E-state index in [1.54, 1.807) is 0 Å². The third kappa shape index (κ3) is 20.0. The number of unbranched alkanes of at least 4 members (excludes halogenated alkanes) is 2. The maximum Gasteiger partial charge on any atom is 0.187 e. The van der Waals surface area contributed by atoms with Crippen molar-refractivity contribution in [1.82, 2.24) is 0 Å². The van der Waals surface area contributed by atoms with E-state index in [-0.39, 0.29) is 59.5 Å². The van der Waals surface area contributed by atoms with Crippen molar-refractivity contribution >= 4 is 10.8 Å². The molecule has 24 heteroatoms. The van der Waals surface area contributed by atoms with Crippen molar-refractivity contribution in [2.45, 2.75) is 188 Å². The van der Waals surface area contributed by atoms with E-state index in [2.05, 4.69) is 10.0 Å². The Labute approximate surface area is 615 Å². The smallest absolute Gasteiger partial charge is 0.187 e. The number of rotatable bonds is 36. The van der Waals surface area contributed by atoms with Crippen LogP contribution in [0.4, 0.5) is 0 Å². The minimum Gasteiger partial charge on any atom is -0.394 e. The molecule has 5 saturated heterocycles. The van der Waals surface area contributed by atoms with Crippen molar-refractivity contribution in [3.63, 3.8) is 0 Å². The minimum atomic E-state index is -1.81. The Kier molecular flexibility index (Phi) is 28.2. The van der Waals surface area contributed by atoms with Crippen LogP contribution < -0.4 is 0 Å². The molecule has 21 atom stereocenters. The molecule has 106 heavy (non-hydrogen) atoms. The summed E-state index contributed by atoms with van der Waals surface area (Å²) in [7, 11) is 0. The van der Waals surface area contributed by atoms with Gasteiger partial charge in [-0.3, -0.25) is 0 Å². The van der Waals surface area contributed by atoms with Crippen LogP contribution in [0.25, 0.3) is 21.2 Å². The molecular formula is C82H93N3O21. The molecule has 5 fully saturated rings. The van der Waals surface area contributed by atoms with Crippen LogP contribution in [-0.2, 0) is 115 Å². The zero-order valence-electron chi connectivity index (χ0n) is 58.7.